The van der Waals surface area contributed by atoms with Gasteiger partial charge < -0.3 is 5.11 Å². The van der Waals surface area contributed by atoms with Crippen LogP contribution in [0.2, 0.25) is 0 Å². The normalized spacial score (nSPS) is 17.9. The Morgan fingerprint density at radius 3 is 3.05 bits per heavy atom. The van der Waals surface area contributed by atoms with Gasteiger partial charge in [-0.05, 0) is 36.8 Å². The van der Waals surface area contributed by atoms with Gasteiger partial charge in [-0.15, -0.1) is 11.3 Å². The van der Waals surface area contributed by atoms with E-state index in [2.05, 4.69) is 39.5 Å². The zero-order valence-electron chi connectivity index (χ0n) is 12.2. The maximum absolute atomic E-state index is 9.19. The van der Waals surface area contributed by atoms with Gasteiger partial charge in [0.2, 0.25) is 0 Å². The maximum Gasteiger partial charge on any atom is 0.0795 e. The first-order valence-corrected chi connectivity index (χ1v) is 8.62. The Kier molecular flexibility index (Phi) is 5.01. The van der Waals surface area contributed by atoms with Crippen LogP contribution in [0.3, 0.4) is 0 Å². The molecule has 0 aliphatic heterocycles. The smallest absolute Gasteiger partial charge is 0.0795 e. The molecule has 0 unspecified atom stereocenters. The van der Waals surface area contributed by atoms with Gasteiger partial charge in [0.05, 0.1) is 11.2 Å². The monoisotopic (exact) mass is 302 g/mol. The zero-order chi connectivity index (χ0) is 14.5. The third kappa shape index (κ3) is 3.51. The minimum atomic E-state index is 0.252. The number of aromatic nitrogens is 1. The highest BCUT2D eigenvalue weighted by atomic mass is 32.1. The summed E-state index contributed by atoms with van der Waals surface area (Å²) in [5.74, 6) is 0. The van der Waals surface area contributed by atoms with Crippen LogP contribution in [0, 0.1) is 0 Å². The number of aryl methyl sites for hydroxylation is 1. The van der Waals surface area contributed by atoms with Crippen LogP contribution < -0.4 is 0 Å². The Balaban J connectivity index is 1.82. The van der Waals surface area contributed by atoms with E-state index in [9.17, 15) is 5.11 Å². The predicted octanol–water partition coefficient (Wildman–Crippen LogP) is 3.41. The summed E-state index contributed by atoms with van der Waals surface area (Å²) >= 11 is 1.65. The van der Waals surface area contributed by atoms with Crippen molar-refractivity contribution in [1.82, 2.24) is 9.88 Å². The summed E-state index contributed by atoms with van der Waals surface area (Å²) < 4.78 is 0. The summed E-state index contributed by atoms with van der Waals surface area (Å²) in [6, 6.07) is 9.27. The minimum Gasteiger partial charge on any atom is -0.396 e. The highest BCUT2D eigenvalue weighted by molar-refractivity contribution is 7.07. The molecule has 0 radical (unpaired) electrons. The Morgan fingerprint density at radius 1 is 1.33 bits per heavy atom. The van der Waals surface area contributed by atoms with Crippen molar-refractivity contribution < 1.29 is 5.11 Å². The van der Waals surface area contributed by atoms with E-state index in [1.807, 2.05) is 5.51 Å². The molecule has 3 rings (SSSR count). The van der Waals surface area contributed by atoms with Crippen molar-refractivity contribution in [3.05, 3.63) is 52.0 Å². The summed E-state index contributed by atoms with van der Waals surface area (Å²) in [6.45, 7) is 2.05. The summed E-state index contributed by atoms with van der Waals surface area (Å²) in [4.78, 5) is 6.92. The largest absolute Gasteiger partial charge is 0.396 e. The number of fused-ring (bicyclic) bond motifs is 1. The molecule has 0 amide bonds. The average Bonchev–Trinajstić information content (AvgIpc) is 3.04. The van der Waals surface area contributed by atoms with Crippen LogP contribution in [-0.4, -0.2) is 28.1 Å². The topological polar surface area (TPSA) is 36.4 Å². The number of hydrogen-bond donors (Lipinski definition) is 1. The molecule has 0 saturated carbocycles. The molecule has 1 atom stereocenters. The van der Waals surface area contributed by atoms with E-state index in [0.717, 1.165) is 25.2 Å². The van der Waals surface area contributed by atoms with E-state index in [4.69, 9.17) is 0 Å². The van der Waals surface area contributed by atoms with Gasteiger partial charge in [-0.1, -0.05) is 24.3 Å². The second kappa shape index (κ2) is 7.16. The van der Waals surface area contributed by atoms with Gasteiger partial charge in [-0.3, -0.25) is 4.90 Å². The molecule has 21 heavy (non-hydrogen) atoms. The van der Waals surface area contributed by atoms with Gasteiger partial charge in [-0.25, -0.2) is 4.98 Å². The molecule has 1 aliphatic rings. The molecule has 1 aliphatic carbocycles. The van der Waals surface area contributed by atoms with Crippen LogP contribution in [0.15, 0.2) is 35.2 Å². The molecule has 0 spiro atoms. The first kappa shape index (κ1) is 14.7. The molecule has 3 nitrogen and oxygen atoms in total. The van der Waals surface area contributed by atoms with Gasteiger partial charge in [0.25, 0.3) is 0 Å². The molecule has 1 N–H and O–H groups in total. The van der Waals surface area contributed by atoms with Gasteiger partial charge >= 0.3 is 0 Å². The van der Waals surface area contributed by atoms with E-state index in [0.29, 0.717) is 6.04 Å². The molecule has 0 fully saturated rings. The molecule has 2 aromatic rings. The Labute approximate surface area is 130 Å². The molecule has 4 heteroatoms. The van der Waals surface area contributed by atoms with Gasteiger partial charge in [0.1, 0.15) is 0 Å². The van der Waals surface area contributed by atoms with Crippen molar-refractivity contribution in [2.75, 3.05) is 13.2 Å². The highest BCUT2D eigenvalue weighted by Gasteiger charge is 2.25. The minimum absolute atomic E-state index is 0.252. The fourth-order valence-electron chi connectivity index (χ4n) is 3.25. The summed E-state index contributed by atoms with van der Waals surface area (Å²) in [5.41, 5.74) is 5.99. The van der Waals surface area contributed by atoms with Gasteiger partial charge in [0.15, 0.2) is 0 Å². The SMILES string of the molecule is OCCCN(Cc1cscn1)[C@H]1CCCc2ccccc21. The number of aliphatic hydroxyl groups is 1. The Bertz CT molecular complexity index is 556. The number of thiazole rings is 1. The Morgan fingerprint density at radius 2 is 2.24 bits per heavy atom. The number of rotatable bonds is 6. The lowest BCUT2D eigenvalue weighted by molar-refractivity contribution is 0.150. The quantitative estimate of drug-likeness (QED) is 0.888. The Hall–Kier alpha value is -1.23. The van der Waals surface area contributed by atoms with Crippen molar-refractivity contribution in [2.24, 2.45) is 0 Å². The number of benzene rings is 1. The first-order chi connectivity index (χ1) is 10.4. The molecule has 1 heterocycles. The molecule has 0 bridgehead atoms. The lowest BCUT2D eigenvalue weighted by Gasteiger charge is -2.35. The van der Waals surface area contributed by atoms with Crippen LogP contribution in [-0.2, 0) is 13.0 Å². The third-order valence-electron chi connectivity index (χ3n) is 4.23. The predicted molar refractivity (Wildman–Crippen MR) is 86.3 cm³/mol. The van der Waals surface area contributed by atoms with Crippen LogP contribution in [0.5, 0.6) is 0 Å². The van der Waals surface area contributed by atoms with Gasteiger partial charge in [0, 0.05) is 31.1 Å². The molecule has 1 aromatic heterocycles. The number of aliphatic hydroxyl groups excluding tert-OH is 1. The summed E-state index contributed by atoms with van der Waals surface area (Å²) in [5, 5.41) is 11.3. The average molecular weight is 302 g/mol. The molecular weight excluding hydrogens is 280 g/mol. The van der Waals surface area contributed by atoms with Crippen molar-refractivity contribution in [1.29, 1.82) is 0 Å². The maximum atomic E-state index is 9.19. The first-order valence-electron chi connectivity index (χ1n) is 7.68. The van der Waals surface area contributed by atoms with Crippen molar-refractivity contribution in [3.63, 3.8) is 0 Å². The van der Waals surface area contributed by atoms with Crippen LogP contribution >= 0.6 is 11.3 Å². The lowest BCUT2D eigenvalue weighted by Crippen LogP contribution is -2.32. The molecule has 112 valence electrons. The summed E-state index contributed by atoms with van der Waals surface area (Å²) in [6.07, 6.45) is 4.46. The third-order valence-corrected chi connectivity index (χ3v) is 4.87. The van der Waals surface area contributed by atoms with E-state index < -0.39 is 0 Å². The standard InChI is InChI=1S/C17H22N2OS/c20-10-4-9-19(11-15-12-21-13-18-15)17-8-3-6-14-5-1-2-7-16(14)17/h1-2,5,7,12-13,17,20H,3-4,6,8-11H2/t17-/m0/s1. The second-order valence-corrected chi connectivity index (χ2v) is 6.35. The van der Waals surface area contributed by atoms with E-state index in [1.54, 1.807) is 11.3 Å². The fraction of sp³-hybridized carbons (Fsp3) is 0.471. The highest BCUT2D eigenvalue weighted by Crippen LogP contribution is 2.35. The van der Waals surface area contributed by atoms with Crippen LogP contribution in [0.25, 0.3) is 0 Å². The van der Waals surface area contributed by atoms with Crippen LogP contribution in [0.4, 0.5) is 0 Å². The second-order valence-electron chi connectivity index (χ2n) is 5.63. The zero-order valence-corrected chi connectivity index (χ0v) is 13.1. The molecule has 0 saturated heterocycles. The molecule has 1 aromatic carbocycles. The van der Waals surface area contributed by atoms with Crippen molar-refractivity contribution in [3.8, 4) is 0 Å². The fourth-order valence-corrected chi connectivity index (χ4v) is 3.80. The summed E-state index contributed by atoms with van der Waals surface area (Å²) in [7, 11) is 0. The van der Waals surface area contributed by atoms with Crippen LogP contribution in [0.1, 0.15) is 42.1 Å². The van der Waals surface area contributed by atoms with Gasteiger partial charge in [-0.2, -0.15) is 0 Å². The van der Waals surface area contributed by atoms with Crippen molar-refractivity contribution in [2.45, 2.75) is 38.3 Å². The van der Waals surface area contributed by atoms with E-state index in [-0.39, 0.29) is 6.61 Å². The lowest BCUT2D eigenvalue weighted by atomic mass is 9.86. The number of hydrogen-bond acceptors (Lipinski definition) is 4. The van der Waals surface area contributed by atoms with E-state index >= 15 is 0 Å². The van der Waals surface area contributed by atoms with Crippen molar-refractivity contribution >= 4 is 11.3 Å². The molecular formula is C17H22N2OS. The van der Waals surface area contributed by atoms with E-state index in [1.165, 1.54) is 30.4 Å². The number of nitrogens with zero attached hydrogens (tertiary/aromatic N) is 2.